The molecule has 0 N–H and O–H groups in total. The summed E-state index contributed by atoms with van der Waals surface area (Å²) in [6.07, 6.45) is 0. The standard InChI is InChI=1S/C11H12N2O/c1-7-4-5-9-8(2)12-13(3)11(14)10(9)6-7/h4-6H,1-3H3. The minimum absolute atomic E-state index is 0.0331. The second-order valence-corrected chi connectivity index (χ2v) is 3.56. The van der Waals surface area contributed by atoms with E-state index >= 15 is 0 Å². The Morgan fingerprint density at radius 1 is 1.21 bits per heavy atom. The van der Waals surface area contributed by atoms with Crippen LogP contribution in [0, 0.1) is 13.8 Å². The van der Waals surface area contributed by atoms with Crippen LogP contribution in [-0.2, 0) is 7.05 Å². The summed E-state index contributed by atoms with van der Waals surface area (Å²) in [6, 6.07) is 5.86. The predicted molar refractivity (Wildman–Crippen MR) is 56.5 cm³/mol. The first kappa shape index (κ1) is 8.94. The molecule has 3 nitrogen and oxygen atoms in total. The van der Waals surface area contributed by atoms with Crippen LogP contribution in [0.5, 0.6) is 0 Å². The van der Waals surface area contributed by atoms with Gasteiger partial charge in [-0.2, -0.15) is 5.10 Å². The number of hydrogen-bond donors (Lipinski definition) is 0. The van der Waals surface area contributed by atoms with Crippen LogP contribution in [0.3, 0.4) is 0 Å². The van der Waals surface area contributed by atoms with Crippen molar-refractivity contribution in [3.05, 3.63) is 39.8 Å². The van der Waals surface area contributed by atoms with E-state index in [1.165, 1.54) is 4.68 Å². The largest absolute Gasteiger partial charge is 0.274 e. The van der Waals surface area contributed by atoms with Gasteiger partial charge < -0.3 is 0 Å². The first-order valence-corrected chi connectivity index (χ1v) is 4.54. The van der Waals surface area contributed by atoms with Crippen molar-refractivity contribution in [2.75, 3.05) is 0 Å². The Labute approximate surface area is 82.0 Å². The molecular formula is C11H12N2O. The molecule has 0 bridgehead atoms. The van der Waals surface area contributed by atoms with E-state index in [9.17, 15) is 4.79 Å². The Kier molecular flexibility index (Phi) is 1.88. The highest BCUT2D eigenvalue weighted by molar-refractivity contribution is 5.83. The number of hydrogen-bond acceptors (Lipinski definition) is 2. The summed E-state index contributed by atoms with van der Waals surface area (Å²) in [5.41, 5.74) is 1.96. The summed E-state index contributed by atoms with van der Waals surface area (Å²) in [4.78, 5) is 11.7. The lowest BCUT2D eigenvalue weighted by atomic mass is 10.1. The maximum Gasteiger partial charge on any atom is 0.274 e. The third-order valence-electron chi connectivity index (χ3n) is 2.39. The average Bonchev–Trinajstić information content (AvgIpc) is 2.14. The molecule has 0 saturated heterocycles. The zero-order valence-corrected chi connectivity index (χ0v) is 8.53. The van der Waals surface area contributed by atoms with E-state index < -0.39 is 0 Å². The molecule has 72 valence electrons. The second-order valence-electron chi connectivity index (χ2n) is 3.56. The van der Waals surface area contributed by atoms with Crippen LogP contribution < -0.4 is 5.56 Å². The maximum atomic E-state index is 11.7. The molecular weight excluding hydrogens is 176 g/mol. The molecule has 0 aliphatic heterocycles. The Bertz CT molecular complexity index is 555. The number of rotatable bonds is 0. The van der Waals surface area contributed by atoms with E-state index in [0.717, 1.165) is 22.0 Å². The average molecular weight is 188 g/mol. The summed E-state index contributed by atoms with van der Waals surface area (Å²) in [5, 5.41) is 5.83. The molecule has 0 fully saturated rings. The van der Waals surface area contributed by atoms with Crippen molar-refractivity contribution in [2.45, 2.75) is 13.8 Å². The first-order valence-electron chi connectivity index (χ1n) is 4.54. The van der Waals surface area contributed by atoms with Gasteiger partial charge in [-0.3, -0.25) is 4.79 Å². The summed E-state index contributed by atoms with van der Waals surface area (Å²) in [6.45, 7) is 3.89. The second kappa shape index (κ2) is 2.94. The van der Waals surface area contributed by atoms with Crippen LogP contribution in [0.2, 0.25) is 0 Å². The Balaban J connectivity index is 3.03. The first-order chi connectivity index (χ1) is 6.59. The fourth-order valence-electron chi connectivity index (χ4n) is 1.65. The van der Waals surface area contributed by atoms with E-state index in [1.807, 2.05) is 32.0 Å². The summed E-state index contributed by atoms with van der Waals surface area (Å²) >= 11 is 0. The highest BCUT2D eigenvalue weighted by atomic mass is 16.1. The van der Waals surface area contributed by atoms with Crippen molar-refractivity contribution < 1.29 is 0 Å². The molecule has 0 aliphatic rings. The lowest BCUT2D eigenvalue weighted by Crippen LogP contribution is -2.20. The summed E-state index contributed by atoms with van der Waals surface area (Å²) in [7, 11) is 1.68. The molecule has 1 aromatic heterocycles. The smallest absolute Gasteiger partial charge is 0.267 e. The van der Waals surface area contributed by atoms with Gasteiger partial charge in [-0.1, -0.05) is 17.7 Å². The van der Waals surface area contributed by atoms with E-state index in [4.69, 9.17) is 0 Å². The fourth-order valence-corrected chi connectivity index (χ4v) is 1.65. The monoisotopic (exact) mass is 188 g/mol. The van der Waals surface area contributed by atoms with Crippen molar-refractivity contribution in [3.8, 4) is 0 Å². The van der Waals surface area contributed by atoms with Crippen molar-refractivity contribution in [1.29, 1.82) is 0 Å². The molecule has 14 heavy (non-hydrogen) atoms. The molecule has 2 aromatic rings. The van der Waals surface area contributed by atoms with Crippen LogP contribution in [0.1, 0.15) is 11.3 Å². The minimum atomic E-state index is -0.0331. The van der Waals surface area contributed by atoms with Crippen molar-refractivity contribution in [2.24, 2.45) is 7.05 Å². The van der Waals surface area contributed by atoms with E-state index in [0.29, 0.717) is 0 Å². The van der Waals surface area contributed by atoms with Gasteiger partial charge in [0.2, 0.25) is 0 Å². The molecule has 0 atom stereocenters. The zero-order chi connectivity index (χ0) is 10.3. The van der Waals surface area contributed by atoms with Gasteiger partial charge in [0.25, 0.3) is 5.56 Å². The Morgan fingerprint density at radius 2 is 1.93 bits per heavy atom. The van der Waals surface area contributed by atoms with Gasteiger partial charge >= 0.3 is 0 Å². The molecule has 2 rings (SSSR count). The number of nitrogens with zero attached hydrogens (tertiary/aromatic N) is 2. The highest BCUT2D eigenvalue weighted by Gasteiger charge is 2.04. The van der Waals surface area contributed by atoms with Gasteiger partial charge in [0.15, 0.2) is 0 Å². The van der Waals surface area contributed by atoms with Crippen LogP contribution in [-0.4, -0.2) is 9.78 Å². The summed E-state index contributed by atoms with van der Waals surface area (Å²) in [5.74, 6) is 0. The fraction of sp³-hybridized carbons (Fsp3) is 0.273. The van der Waals surface area contributed by atoms with E-state index in [1.54, 1.807) is 7.05 Å². The molecule has 1 aromatic carbocycles. The Morgan fingerprint density at radius 3 is 2.64 bits per heavy atom. The number of aromatic nitrogens is 2. The molecule has 3 heteroatoms. The quantitative estimate of drug-likeness (QED) is 0.628. The number of fused-ring (bicyclic) bond motifs is 1. The highest BCUT2D eigenvalue weighted by Crippen LogP contribution is 2.13. The number of aryl methyl sites for hydroxylation is 3. The number of benzene rings is 1. The normalized spacial score (nSPS) is 10.8. The SMILES string of the molecule is Cc1ccc2c(C)nn(C)c(=O)c2c1. The van der Waals surface area contributed by atoms with E-state index in [2.05, 4.69) is 5.10 Å². The van der Waals surface area contributed by atoms with Crippen molar-refractivity contribution in [1.82, 2.24) is 9.78 Å². The van der Waals surface area contributed by atoms with Gasteiger partial charge in [-0.05, 0) is 19.9 Å². The molecule has 0 amide bonds. The molecule has 0 radical (unpaired) electrons. The zero-order valence-electron chi connectivity index (χ0n) is 8.53. The van der Waals surface area contributed by atoms with Crippen LogP contribution in [0.4, 0.5) is 0 Å². The van der Waals surface area contributed by atoms with Gasteiger partial charge in [0, 0.05) is 12.4 Å². The maximum absolute atomic E-state index is 11.7. The minimum Gasteiger partial charge on any atom is -0.267 e. The third kappa shape index (κ3) is 1.21. The molecule has 0 unspecified atom stereocenters. The van der Waals surface area contributed by atoms with Crippen molar-refractivity contribution >= 4 is 10.8 Å². The van der Waals surface area contributed by atoms with Crippen LogP contribution in [0.25, 0.3) is 10.8 Å². The third-order valence-corrected chi connectivity index (χ3v) is 2.39. The predicted octanol–water partition coefficient (Wildman–Crippen LogP) is 1.55. The molecule has 1 heterocycles. The lowest BCUT2D eigenvalue weighted by molar-refractivity contribution is 0.704. The molecule has 0 spiro atoms. The van der Waals surface area contributed by atoms with Gasteiger partial charge in [-0.15, -0.1) is 0 Å². The van der Waals surface area contributed by atoms with Crippen molar-refractivity contribution in [3.63, 3.8) is 0 Å². The van der Waals surface area contributed by atoms with Crippen LogP contribution in [0.15, 0.2) is 23.0 Å². The molecule has 0 saturated carbocycles. The molecule has 0 aliphatic carbocycles. The van der Waals surface area contributed by atoms with Gasteiger partial charge in [-0.25, -0.2) is 4.68 Å². The van der Waals surface area contributed by atoms with Gasteiger partial charge in [0.1, 0.15) is 0 Å². The Hall–Kier alpha value is -1.64. The van der Waals surface area contributed by atoms with E-state index in [-0.39, 0.29) is 5.56 Å². The van der Waals surface area contributed by atoms with Gasteiger partial charge in [0.05, 0.1) is 11.1 Å². The lowest BCUT2D eigenvalue weighted by Gasteiger charge is -2.04. The summed E-state index contributed by atoms with van der Waals surface area (Å²) < 4.78 is 1.39. The topological polar surface area (TPSA) is 34.9 Å². The van der Waals surface area contributed by atoms with Crippen LogP contribution >= 0.6 is 0 Å².